The van der Waals surface area contributed by atoms with Gasteiger partial charge in [0.1, 0.15) is 11.5 Å². The number of rotatable bonds is 4. The Morgan fingerprint density at radius 3 is 2.68 bits per heavy atom. The van der Waals surface area contributed by atoms with Crippen molar-refractivity contribution < 1.29 is 9.53 Å². The number of para-hydroxylation sites is 1. The molecule has 0 bridgehead atoms. The number of thiazole rings is 1. The van der Waals surface area contributed by atoms with Crippen molar-refractivity contribution >= 4 is 32.6 Å². The second-order valence-electron chi connectivity index (χ2n) is 5.26. The summed E-state index contributed by atoms with van der Waals surface area (Å²) in [4.78, 5) is 20.6. The zero-order valence-electron chi connectivity index (χ0n) is 13.0. The predicted octanol–water partition coefficient (Wildman–Crippen LogP) is 4.74. The molecule has 0 aliphatic heterocycles. The highest BCUT2D eigenvalue weighted by Gasteiger charge is 2.10. The molecule has 0 radical (unpaired) electrons. The number of hydrogen-bond acceptors (Lipinski definition) is 5. The van der Waals surface area contributed by atoms with Crippen molar-refractivity contribution in [1.82, 2.24) is 9.97 Å². The second kappa shape index (κ2) is 6.70. The predicted molar refractivity (Wildman–Crippen MR) is 98.3 cm³/mol. The maximum absolute atomic E-state index is 12.2. The van der Waals surface area contributed by atoms with Crippen LogP contribution in [-0.4, -0.2) is 15.9 Å². The Bertz CT molecular complexity index is 1020. The quantitative estimate of drug-likeness (QED) is 0.579. The summed E-state index contributed by atoms with van der Waals surface area (Å²) in [6.45, 7) is 0. The molecule has 4 rings (SSSR count). The van der Waals surface area contributed by atoms with Gasteiger partial charge in [0, 0.05) is 18.5 Å². The molecule has 0 atom stereocenters. The number of nitrogens with one attached hydrogen (secondary N) is 1. The molecule has 0 saturated carbocycles. The summed E-state index contributed by atoms with van der Waals surface area (Å²) >= 11 is 1.40. The van der Waals surface area contributed by atoms with Crippen LogP contribution in [-0.2, 0) is 0 Å². The van der Waals surface area contributed by atoms with Gasteiger partial charge in [-0.1, -0.05) is 29.5 Å². The molecule has 0 aliphatic carbocycles. The molecule has 1 amide bonds. The van der Waals surface area contributed by atoms with E-state index in [0.717, 1.165) is 21.7 Å². The van der Waals surface area contributed by atoms with Gasteiger partial charge >= 0.3 is 0 Å². The molecule has 4 aromatic rings. The summed E-state index contributed by atoms with van der Waals surface area (Å²) in [5.41, 5.74) is 1.31. The maximum Gasteiger partial charge on any atom is 0.259 e. The van der Waals surface area contributed by atoms with Crippen LogP contribution in [0, 0.1) is 0 Å². The van der Waals surface area contributed by atoms with Gasteiger partial charge < -0.3 is 4.74 Å². The monoisotopic (exact) mass is 347 g/mol. The van der Waals surface area contributed by atoms with Crippen molar-refractivity contribution in [2.45, 2.75) is 0 Å². The van der Waals surface area contributed by atoms with Gasteiger partial charge in [-0.15, -0.1) is 0 Å². The average molecular weight is 347 g/mol. The van der Waals surface area contributed by atoms with Crippen molar-refractivity contribution in [1.29, 1.82) is 0 Å². The van der Waals surface area contributed by atoms with Gasteiger partial charge in [0.15, 0.2) is 5.13 Å². The van der Waals surface area contributed by atoms with E-state index in [2.05, 4.69) is 15.3 Å². The lowest BCUT2D eigenvalue weighted by Gasteiger charge is -2.04. The van der Waals surface area contributed by atoms with Gasteiger partial charge in [-0.25, -0.2) is 4.98 Å². The molecular weight excluding hydrogens is 334 g/mol. The zero-order chi connectivity index (χ0) is 17.1. The molecule has 0 spiro atoms. The third kappa shape index (κ3) is 3.49. The molecule has 1 N–H and O–H groups in total. The smallest absolute Gasteiger partial charge is 0.259 e. The van der Waals surface area contributed by atoms with E-state index in [1.165, 1.54) is 17.5 Å². The molecular formula is C19H13N3O2S. The van der Waals surface area contributed by atoms with Crippen LogP contribution in [0.4, 0.5) is 5.13 Å². The minimum absolute atomic E-state index is 0.229. The van der Waals surface area contributed by atoms with Crippen LogP contribution in [0.1, 0.15) is 10.4 Å². The van der Waals surface area contributed by atoms with Crippen molar-refractivity contribution in [3.63, 3.8) is 0 Å². The number of pyridine rings is 1. The second-order valence-corrected chi connectivity index (χ2v) is 6.29. The van der Waals surface area contributed by atoms with Gasteiger partial charge in [0.25, 0.3) is 5.91 Å². The summed E-state index contributed by atoms with van der Waals surface area (Å²) in [6, 6.07) is 18.7. The van der Waals surface area contributed by atoms with Crippen molar-refractivity contribution in [3.05, 3.63) is 78.6 Å². The van der Waals surface area contributed by atoms with Crippen molar-refractivity contribution in [2.24, 2.45) is 0 Å². The Labute approximate surface area is 147 Å². The molecule has 0 unspecified atom stereocenters. The lowest BCUT2D eigenvalue weighted by Crippen LogP contribution is -2.11. The minimum Gasteiger partial charge on any atom is -0.457 e. The van der Waals surface area contributed by atoms with E-state index in [4.69, 9.17) is 4.74 Å². The highest BCUT2D eigenvalue weighted by molar-refractivity contribution is 7.22. The Kier molecular flexibility index (Phi) is 4.10. The Morgan fingerprint density at radius 2 is 1.88 bits per heavy atom. The highest BCUT2D eigenvalue weighted by atomic mass is 32.1. The van der Waals surface area contributed by atoms with Crippen LogP contribution >= 0.6 is 11.3 Å². The molecule has 2 aromatic heterocycles. The first-order valence-electron chi connectivity index (χ1n) is 7.63. The number of hydrogen-bond donors (Lipinski definition) is 1. The molecule has 2 heterocycles. The SMILES string of the molecule is O=C(Nc1nc2ccc(Oc3ccccc3)cc2s1)c1cccnc1. The first-order chi connectivity index (χ1) is 12.3. The van der Waals surface area contributed by atoms with Crippen molar-refractivity contribution in [3.8, 4) is 11.5 Å². The lowest BCUT2D eigenvalue weighted by molar-refractivity contribution is 0.102. The van der Waals surface area contributed by atoms with Crippen LogP contribution in [0.3, 0.4) is 0 Å². The van der Waals surface area contributed by atoms with E-state index < -0.39 is 0 Å². The third-order valence-electron chi connectivity index (χ3n) is 3.48. The number of anilines is 1. The van der Waals surface area contributed by atoms with Gasteiger partial charge in [-0.05, 0) is 36.4 Å². The fourth-order valence-electron chi connectivity index (χ4n) is 2.31. The Balaban J connectivity index is 1.55. The largest absolute Gasteiger partial charge is 0.457 e. The fraction of sp³-hybridized carbons (Fsp3) is 0. The van der Waals surface area contributed by atoms with E-state index in [0.29, 0.717) is 10.7 Å². The molecule has 0 saturated heterocycles. The molecule has 2 aromatic carbocycles. The standard InChI is InChI=1S/C19H13N3O2S/c23-18(13-5-4-10-20-12-13)22-19-21-16-9-8-15(11-17(16)25-19)24-14-6-2-1-3-7-14/h1-12H,(H,21,22,23). The topological polar surface area (TPSA) is 64.1 Å². The number of carbonyl (C=O) groups excluding carboxylic acids is 1. The van der Waals surface area contributed by atoms with Crippen LogP contribution < -0.4 is 10.1 Å². The summed E-state index contributed by atoms with van der Waals surface area (Å²) < 4.78 is 6.77. The van der Waals surface area contributed by atoms with Crippen LogP contribution in [0.2, 0.25) is 0 Å². The van der Waals surface area contributed by atoms with E-state index in [1.54, 1.807) is 18.3 Å². The normalized spacial score (nSPS) is 10.6. The zero-order valence-corrected chi connectivity index (χ0v) is 13.9. The minimum atomic E-state index is -0.229. The van der Waals surface area contributed by atoms with E-state index in [1.807, 2.05) is 48.5 Å². The summed E-state index contributed by atoms with van der Waals surface area (Å²) in [5.74, 6) is 1.27. The highest BCUT2D eigenvalue weighted by Crippen LogP contribution is 2.31. The molecule has 0 fully saturated rings. The van der Waals surface area contributed by atoms with E-state index in [-0.39, 0.29) is 5.91 Å². The van der Waals surface area contributed by atoms with E-state index in [9.17, 15) is 4.79 Å². The molecule has 25 heavy (non-hydrogen) atoms. The van der Waals surface area contributed by atoms with Gasteiger partial charge in [0.2, 0.25) is 0 Å². The Hall–Kier alpha value is -3.25. The Morgan fingerprint density at radius 1 is 1.00 bits per heavy atom. The lowest BCUT2D eigenvalue weighted by atomic mass is 10.3. The number of ether oxygens (including phenoxy) is 1. The van der Waals surface area contributed by atoms with E-state index >= 15 is 0 Å². The van der Waals surface area contributed by atoms with Crippen LogP contribution in [0.5, 0.6) is 11.5 Å². The average Bonchev–Trinajstić information content (AvgIpc) is 3.05. The number of aromatic nitrogens is 2. The first-order valence-corrected chi connectivity index (χ1v) is 8.44. The summed E-state index contributed by atoms with van der Waals surface area (Å²) in [6.07, 6.45) is 3.15. The van der Waals surface area contributed by atoms with Crippen molar-refractivity contribution in [2.75, 3.05) is 5.32 Å². The number of fused-ring (bicyclic) bond motifs is 1. The molecule has 122 valence electrons. The fourth-order valence-corrected chi connectivity index (χ4v) is 3.20. The van der Waals surface area contributed by atoms with Crippen LogP contribution in [0.15, 0.2) is 73.1 Å². The third-order valence-corrected chi connectivity index (χ3v) is 4.42. The number of amides is 1. The number of carbonyl (C=O) groups is 1. The molecule has 0 aliphatic rings. The van der Waals surface area contributed by atoms with Gasteiger partial charge in [-0.3, -0.25) is 15.1 Å². The molecule has 6 heteroatoms. The summed E-state index contributed by atoms with van der Waals surface area (Å²) in [7, 11) is 0. The van der Waals surface area contributed by atoms with Gasteiger partial charge in [-0.2, -0.15) is 0 Å². The maximum atomic E-state index is 12.2. The first kappa shape index (κ1) is 15.3. The van der Waals surface area contributed by atoms with Crippen LogP contribution in [0.25, 0.3) is 10.2 Å². The molecule has 5 nitrogen and oxygen atoms in total. The number of benzene rings is 2. The van der Waals surface area contributed by atoms with Gasteiger partial charge in [0.05, 0.1) is 15.8 Å². The summed E-state index contributed by atoms with van der Waals surface area (Å²) in [5, 5.41) is 3.35. The number of nitrogens with zero attached hydrogens (tertiary/aromatic N) is 2.